The predicted molar refractivity (Wildman–Crippen MR) is 114 cm³/mol. The highest BCUT2D eigenvalue weighted by molar-refractivity contribution is 5.89. The fourth-order valence-electron chi connectivity index (χ4n) is 6.57. The van der Waals surface area contributed by atoms with Crippen LogP contribution in [0.25, 0.3) is 22.0 Å². The molecule has 3 aliphatic heterocycles. The number of piperidine rings is 2. The maximum Gasteiger partial charge on any atom is 0.251 e. The van der Waals surface area contributed by atoms with Gasteiger partial charge in [0.15, 0.2) is 5.88 Å². The molecule has 7 rings (SSSR count). The third kappa shape index (κ3) is 2.60. The van der Waals surface area contributed by atoms with Crippen molar-refractivity contribution in [2.75, 3.05) is 13.1 Å². The molecule has 1 aromatic carbocycles. The highest BCUT2D eigenvalue weighted by Gasteiger charge is 2.48. The second kappa shape index (κ2) is 6.23. The van der Waals surface area contributed by atoms with Crippen LogP contribution in [0.4, 0.5) is 0 Å². The number of benzene rings is 1. The van der Waals surface area contributed by atoms with Gasteiger partial charge in [0, 0.05) is 53.8 Å². The van der Waals surface area contributed by atoms with Crippen molar-refractivity contribution < 1.29 is 5.11 Å². The van der Waals surface area contributed by atoms with Gasteiger partial charge in [-0.2, -0.15) is 0 Å². The van der Waals surface area contributed by atoms with Crippen LogP contribution >= 0.6 is 0 Å². The minimum absolute atomic E-state index is 0.0938. The monoisotopic (exact) mass is 389 g/mol. The molecule has 5 heteroatoms. The predicted octanol–water partition coefficient (Wildman–Crippen LogP) is 3.99. The Morgan fingerprint density at radius 2 is 2.03 bits per heavy atom. The van der Waals surface area contributed by atoms with Crippen LogP contribution in [0, 0.1) is 11.8 Å². The summed E-state index contributed by atoms with van der Waals surface area (Å²) >= 11 is 0. The summed E-state index contributed by atoms with van der Waals surface area (Å²) < 4.78 is 0. The Hall–Kier alpha value is -2.53. The van der Waals surface area contributed by atoms with Crippen molar-refractivity contribution in [2.45, 2.75) is 44.6 Å². The molecule has 4 aliphatic rings. The van der Waals surface area contributed by atoms with Gasteiger partial charge in [-0.25, -0.2) is 0 Å². The van der Waals surface area contributed by atoms with Crippen molar-refractivity contribution >= 4 is 10.9 Å². The summed E-state index contributed by atoms with van der Waals surface area (Å²) in [5.41, 5.74) is 5.56. The lowest BCUT2D eigenvalue weighted by Gasteiger charge is -2.53. The Bertz CT molecular complexity index is 1160. The lowest BCUT2D eigenvalue weighted by atomic mass is 9.65. The first-order valence-corrected chi connectivity index (χ1v) is 10.9. The second-order valence-corrected chi connectivity index (χ2v) is 9.24. The van der Waals surface area contributed by atoms with Crippen LogP contribution in [0.2, 0.25) is 0 Å². The van der Waals surface area contributed by atoms with Crippen LogP contribution in [0.1, 0.15) is 43.4 Å². The molecule has 3 N–H and O–H groups in total. The first kappa shape index (κ1) is 17.3. The molecule has 0 radical (unpaired) electrons. The third-order valence-electron chi connectivity index (χ3n) is 7.68. The summed E-state index contributed by atoms with van der Waals surface area (Å²) in [6, 6.07) is 10.2. The number of aromatic amines is 2. The molecule has 150 valence electrons. The standard InChI is InChI=1S/C24H27N3O2/c1-2-14-7-13-8-19-23-17(5-6-27(12-13)24(14)19)18-9-15(3-4-20(18)25-23)16-10-21(28)26-22(29)11-16/h3-4,9-11,13-14,19,24-25H,2,5-8,12H2,1H3,(H2,26,28,29). The van der Waals surface area contributed by atoms with E-state index in [1.54, 1.807) is 12.1 Å². The fraction of sp³-hybridized carbons (Fsp3) is 0.458. The molecule has 0 amide bonds. The Morgan fingerprint density at radius 1 is 1.14 bits per heavy atom. The Labute approximate surface area is 169 Å². The first-order valence-electron chi connectivity index (χ1n) is 10.9. The van der Waals surface area contributed by atoms with Gasteiger partial charge in [-0.05, 0) is 59.9 Å². The lowest BCUT2D eigenvalue weighted by molar-refractivity contribution is -0.0134. The van der Waals surface area contributed by atoms with Crippen LogP contribution in [-0.4, -0.2) is 39.1 Å². The summed E-state index contributed by atoms with van der Waals surface area (Å²) in [7, 11) is 0. The highest BCUT2D eigenvalue weighted by Crippen LogP contribution is 2.51. The summed E-state index contributed by atoms with van der Waals surface area (Å²) in [5.74, 6) is 2.18. The molecule has 2 aromatic heterocycles. The molecule has 29 heavy (non-hydrogen) atoms. The fourth-order valence-corrected chi connectivity index (χ4v) is 6.57. The maximum absolute atomic E-state index is 11.8. The smallest absolute Gasteiger partial charge is 0.251 e. The zero-order valence-corrected chi connectivity index (χ0v) is 16.7. The van der Waals surface area contributed by atoms with E-state index in [-0.39, 0.29) is 11.4 Å². The number of hydrogen-bond acceptors (Lipinski definition) is 3. The van der Waals surface area contributed by atoms with Gasteiger partial charge < -0.3 is 10.1 Å². The van der Waals surface area contributed by atoms with E-state index < -0.39 is 0 Å². The summed E-state index contributed by atoms with van der Waals surface area (Å²) in [6.07, 6.45) is 5.07. The molecule has 3 fully saturated rings. The quantitative estimate of drug-likeness (QED) is 0.621. The van der Waals surface area contributed by atoms with Crippen molar-refractivity contribution in [1.82, 2.24) is 14.9 Å². The average Bonchev–Trinajstić information content (AvgIpc) is 3.04. The number of rotatable bonds is 2. The van der Waals surface area contributed by atoms with E-state index in [0.717, 1.165) is 35.9 Å². The summed E-state index contributed by atoms with van der Waals surface area (Å²) in [4.78, 5) is 20.8. The molecule has 1 aliphatic carbocycles. The van der Waals surface area contributed by atoms with Crippen molar-refractivity contribution in [2.24, 2.45) is 11.8 Å². The summed E-state index contributed by atoms with van der Waals surface area (Å²) in [5, 5.41) is 11.1. The number of nitrogens with one attached hydrogen (secondary N) is 2. The highest BCUT2D eigenvalue weighted by atomic mass is 16.3. The minimum Gasteiger partial charge on any atom is -0.494 e. The maximum atomic E-state index is 11.8. The van der Waals surface area contributed by atoms with Crippen molar-refractivity contribution in [1.29, 1.82) is 0 Å². The Balaban J connectivity index is 1.49. The number of H-pyrrole nitrogens is 2. The first-order chi connectivity index (χ1) is 14.1. The molecular formula is C24H27N3O2. The van der Waals surface area contributed by atoms with Gasteiger partial charge in [0.1, 0.15) is 0 Å². The van der Waals surface area contributed by atoms with Gasteiger partial charge in [-0.3, -0.25) is 14.7 Å². The van der Waals surface area contributed by atoms with Gasteiger partial charge in [-0.1, -0.05) is 19.4 Å². The number of aromatic hydroxyl groups is 1. The third-order valence-corrected chi connectivity index (χ3v) is 7.68. The van der Waals surface area contributed by atoms with Crippen molar-refractivity contribution in [3.8, 4) is 17.0 Å². The summed E-state index contributed by atoms with van der Waals surface area (Å²) in [6.45, 7) is 4.77. The van der Waals surface area contributed by atoms with Crippen molar-refractivity contribution in [3.05, 3.63) is 51.9 Å². The second-order valence-electron chi connectivity index (χ2n) is 9.24. The average molecular weight is 389 g/mol. The lowest BCUT2D eigenvalue weighted by Crippen LogP contribution is -2.56. The van der Waals surface area contributed by atoms with E-state index in [2.05, 4.69) is 33.9 Å². The number of fused-ring (bicyclic) bond motifs is 4. The molecule has 5 unspecified atom stereocenters. The van der Waals surface area contributed by atoms with Crippen LogP contribution < -0.4 is 5.56 Å². The van der Waals surface area contributed by atoms with Gasteiger partial charge in [-0.15, -0.1) is 0 Å². The number of hydrogen-bond donors (Lipinski definition) is 3. The Morgan fingerprint density at radius 3 is 2.86 bits per heavy atom. The largest absolute Gasteiger partial charge is 0.494 e. The van der Waals surface area contributed by atoms with E-state index >= 15 is 0 Å². The number of pyridine rings is 1. The van der Waals surface area contributed by atoms with Gasteiger partial charge in [0.25, 0.3) is 5.56 Å². The molecule has 1 saturated carbocycles. The van der Waals surface area contributed by atoms with E-state index in [4.69, 9.17) is 0 Å². The zero-order chi connectivity index (χ0) is 19.7. The number of nitrogens with zero attached hydrogens (tertiary/aromatic N) is 1. The minimum atomic E-state index is -0.281. The topological polar surface area (TPSA) is 72.1 Å². The molecule has 0 spiro atoms. The molecule has 5 heterocycles. The van der Waals surface area contributed by atoms with Crippen molar-refractivity contribution in [3.63, 3.8) is 0 Å². The van der Waals surface area contributed by atoms with E-state index in [1.165, 1.54) is 48.0 Å². The van der Waals surface area contributed by atoms with E-state index in [9.17, 15) is 9.90 Å². The molecule has 4 bridgehead atoms. The van der Waals surface area contributed by atoms with Crippen LogP contribution in [-0.2, 0) is 6.42 Å². The molecule has 2 saturated heterocycles. The number of aromatic nitrogens is 2. The van der Waals surface area contributed by atoms with Gasteiger partial charge in [0.2, 0.25) is 0 Å². The van der Waals surface area contributed by atoms with E-state index in [1.807, 2.05) is 6.07 Å². The Kier molecular flexibility index (Phi) is 3.73. The molecular weight excluding hydrogens is 362 g/mol. The van der Waals surface area contributed by atoms with Gasteiger partial charge >= 0.3 is 0 Å². The molecule has 3 aromatic rings. The normalized spacial score (nSPS) is 30.3. The van der Waals surface area contributed by atoms with Crippen LogP contribution in [0.3, 0.4) is 0 Å². The molecule has 5 atom stereocenters. The van der Waals surface area contributed by atoms with E-state index in [0.29, 0.717) is 12.0 Å². The van der Waals surface area contributed by atoms with Crippen LogP contribution in [0.15, 0.2) is 35.1 Å². The van der Waals surface area contributed by atoms with Gasteiger partial charge in [0.05, 0.1) is 0 Å². The zero-order valence-electron chi connectivity index (χ0n) is 16.7. The molecule has 5 nitrogen and oxygen atoms in total. The van der Waals surface area contributed by atoms with Crippen LogP contribution in [0.5, 0.6) is 5.88 Å². The SMILES string of the molecule is CCC1CC2CC3c4[nH]c5ccc(-c6cc(O)[nH]c(=O)c6)cc5c4CCN(C2)C13.